The number of rotatable bonds is 6. The molecule has 0 fully saturated rings. The van der Waals surface area contributed by atoms with Crippen molar-refractivity contribution in [1.82, 2.24) is 24.9 Å². The van der Waals surface area contributed by atoms with Crippen molar-refractivity contribution in [2.75, 3.05) is 7.11 Å². The topological polar surface area (TPSA) is 91.0 Å². The second kappa shape index (κ2) is 7.86. The van der Waals surface area contributed by atoms with Crippen LogP contribution < -0.4 is 5.32 Å². The van der Waals surface area contributed by atoms with Crippen molar-refractivity contribution < 1.29 is 14.3 Å². The second-order valence-corrected chi connectivity index (χ2v) is 6.20. The molecule has 0 aliphatic rings. The van der Waals surface area contributed by atoms with Crippen molar-refractivity contribution in [3.63, 3.8) is 0 Å². The SMILES string of the molecule is COC(=O)c1c(-c2ccc(C(=O)N[C@@H](C)Cn3cccn3)cc2)cnn1C. The van der Waals surface area contributed by atoms with Gasteiger partial charge in [-0.05, 0) is 30.7 Å². The van der Waals surface area contributed by atoms with Crippen LogP contribution in [0.2, 0.25) is 0 Å². The normalized spacial score (nSPS) is 11.8. The van der Waals surface area contributed by atoms with Crippen molar-refractivity contribution in [2.24, 2.45) is 7.05 Å². The molecular weight excluding hydrogens is 346 g/mol. The van der Waals surface area contributed by atoms with E-state index in [1.807, 2.05) is 19.2 Å². The van der Waals surface area contributed by atoms with E-state index in [-0.39, 0.29) is 11.9 Å². The fraction of sp³-hybridized carbons (Fsp3) is 0.263. The molecule has 0 spiro atoms. The Hall–Kier alpha value is -3.42. The van der Waals surface area contributed by atoms with Crippen LogP contribution in [0.15, 0.2) is 48.9 Å². The number of benzene rings is 1. The Bertz CT molecular complexity index is 929. The highest BCUT2D eigenvalue weighted by Crippen LogP contribution is 2.24. The number of nitrogens with zero attached hydrogens (tertiary/aromatic N) is 4. The second-order valence-electron chi connectivity index (χ2n) is 6.20. The molecule has 1 atom stereocenters. The van der Waals surface area contributed by atoms with Gasteiger partial charge in [-0.25, -0.2) is 4.79 Å². The van der Waals surface area contributed by atoms with Crippen molar-refractivity contribution in [2.45, 2.75) is 19.5 Å². The highest BCUT2D eigenvalue weighted by atomic mass is 16.5. The molecule has 3 aromatic rings. The van der Waals surface area contributed by atoms with Crippen LogP contribution in [0.3, 0.4) is 0 Å². The minimum atomic E-state index is -0.459. The van der Waals surface area contributed by atoms with E-state index in [9.17, 15) is 9.59 Å². The van der Waals surface area contributed by atoms with Crippen LogP contribution in [0.4, 0.5) is 0 Å². The third kappa shape index (κ3) is 4.05. The van der Waals surface area contributed by atoms with Gasteiger partial charge in [-0.15, -0.1) is 0 Å². The summed E-state index contributed by atoms with van der Waals surface area (Å²) >= 11 is 0. The zero-order chi connectivity index (χ0) is 19.4. The Morgan fingerprint density at radius 3 is 2.59 bits per heavy atom. The summed E-state index contributed by atoms with van der Waals surface area (Å²) in [6, 6.07) is 8.79. The molecule has 0 saturated heterocycles. The number of ether oxygens (including phenoxy) is 1. The van der Waals surface area contributed by atoms with Gasteiger partial charge in [0.25, 0.3) is 5.91 Å². The molecular formula is C19H21N5O3. The number of hydrogen-bond acceptors (Lipinski definition) is 5. The van der Waals surface area contributed by atoms with Crippen LogP contribution in [0, 0.1) is 0 Å². The zero-order valence-electron chi connectivity index (χ0n) is 15.4. The smallest absolute Gasteiger partial charge is 0.356 e. The average molecular weight is 367 g/mol. The largest absolute Gasteiger partial charge is 0.464 e. The molecule has 8 nitrogen and oxygen atoms in total. The molecule has 8 heteroatoms. The van der Waals surface area contributed by atoms with Gasteiger partial charge in [0, 0.05) is 36.6 Å². The van der Waals surface area contributed by atoms with E-state index in [2.05, 4.69) is 15.5 Å². The van der Waals surface area contributed by atoms with E-state index in [1.165, 1.54) is 11.8 Å². The van der Waals surface area contributed by atoms with Crippen LogP contribution in [-0.2, 0) is 18.3 Å². The fourth-order valence-electron chi connectivity index (χ4n) is 2.83. The summed E-state index contributed by atoms with van der Waals surface area (Å²) in [4.78, 5) is 24.4. The lowest BCUT2D eigenvalue weighted by Gasteiger charge is -2.14. The van der Waals surface area contributed by atoms with Crippen LogP contribution in [-0.4, -0.2) is 44.6 Å². The maximum absolute atomic E-state index is 12.4. The zero-order valence-corrected chi connectivity index (χ0v) is 15.4. The summed E-state index contributed by atoms with van der Waals surface area (Å²) in [5, 5.41) is 11.2. The van der Waals surface area contributed by atoms with Gasteiger partial charge in [-0.3, -0.25) is 14.2 Å². The summed E-state index contributed by atoms with van der Waals surface area (Å²) in [5.74, 6) is -0.625. The first-order valence-electron chi connectivity index (χ1n) is 8.48. The minimum Gasteiger partial charge on any atom is -0.464 e. The molecule has 140 valence electrons. The van der Waals surface area contributed by atoms with Crippen molar-refractivity contribution in [3.05, 3.63) is 60.2 Å². The number of aromatic nitrogens is 4. The third-order valence-corrected chi connectivity index (χ3v) is 4.17. The van der Waals surface area contributed by atoms with Gasteiger partial charge in [0.1, 0.15) is 0 Å². The quantitative estimate of drug-likeness (QED) is 0.672. The number of nitrogens with one attached hydrogen (secondary N) is 1. The van der Waals surface area contributed by atoms with E-state index in [0.717, 1.165) is 5.56 Å². The Morgan fingerprint density at radius 1 is 1.22 bits per heavy atom. The highest BCUT2D eigenvalue weighted by molar-refractivity contribution is 5.97. The van der Waals surface area contributed by atoms with Crippen LogP contribution in [0.1, 0.15) is 27.8 Å². The predicted molar refractivity (Wildman–Crippen MR) is 99.1 cm³/mol. The number of carbonyl (C=O) groups excluding carboxylic acids is 2. The number of amides is 1. The summed E-state index contributed by atoms with van der Waals surface area (Å²) in [5.41, 5.74) is 2.34. The molecule has 1 N–H and O–H groups in total. The van der Waals surface area contributed by atoms with Gasteiger partial charge in [0.05, 0.1) is 19.9 Å². The molecule has 3 rings (SSSR count). The highest BCUT2D eigenvalue weighted by Gasteiger charge is 2.19. The lowest BCUT2D eigenvalue weighted by molar-refractivity contribution is 0.0589. The van der Waals surface area contributed by atoms with E-state index >= 15 is 0 Å². The molecule has 0 radical (unpaired) electrons. The molecule has 0 bridgehead atoms. The average Bonchev–Trinajstić information content (AvgIpc) is 3.30. The van der Waals surface area contributed by atoms with E-state index in [4.69, 9.17) is 4.74 Å². The molecule has 0 unspecified atom stereocenters. The summed E-state index contributed by atoms with van der Waals surface area (Å²) < 4.78 is 8.05. The fourth-order valence-corrected chi connectivity index (χ4v) is 2.83. The first-order valence-corrected chi connectivity index (χ1v) is 8.48. The standard InChI is InChI=1S/C19H21N5O3/c1-13(12-24-10-4-9-20-24)22-18(25)15-7-5-14(6-8-15)16-11-21-23(2)17(16)19(26)27-3/h4-11,13H,12H2,1-3H3,(H,22,25)/t13-/m0/s1. The molecule has 0 saturated carbocycles. The maximum Gasteiger partial charge on any atom is 0.356 e. The Morgan fingerprint density at radius 2 is 1.96 bits per heavy atom. The van der Waals surface area contributed by atoms with E-state index in [0.29, 0.717) is 23.4 Å². The number of methoxy groups -OCH3 is 1. The van der Waals surface area contributed by atoms with Gasteiger partial charge in [0.15, 0.2) is 5.69 Å². The summed E-state index contributed by atoms with van der Waals surface area (Å²) in [6.07, 6.45) is 5.16. The van der Waals surface area contributed by atoms with Gasteiger partial charge in [-0.2, -0.15) is 10.2 Å². The summed E-state index contributed by atoms with van der Waals surface area (Å²) in [6.45, 7) is 2.52. The first-order chi connectivity index (χ1) is 13.0. The first kappa shape index (κ1) is 18.4. The monoisotopic (exact) mass is 367 g/mol. The molecule has 1 aromatic carbocycles. The predicted octanol–water partition coefficient (Wildman–Crippen LogP) is 1.89. The maximum atomic E-state index is 12.4. The number of aryl methyl sites for hydroxylation is 1. The van der Waals surface area contributed by atoms with Crippen molar-refractivity contribution >= 4 is 11.9 Å². The van der Waals surface area contributed by atoms with Crippen molar-refractivity contribution in [1.29, 1.82) is 0 Å². The lowest BCUT2D eigenvalue weighted by Crippen LogP contribution is -2.35. The van der Waals surface area contributed by atoms with E-state index in [1.54, 1.807) is 48.4 Å². The van der Waals surface area contributed by atoms with Crippen LogP contribution in [0.25, 0.3) is 11.1 Å². The molecule has 1 amide bonds. The van der Waals surface area contributed by atoms with Crippen LogP contribution in [0.5, 0.6) is 0 Å². The minimum absolute atomic E-state index is 0.0682. The van der Waals surface area contributed by atoms with Gasteiger partial charge >= 0.3 is 5.97 Å². The number of carbonyl (C=O) groups is 2. The third-order valence-electron chi connectivity index (χ3n) is 4.17. The number of esters is 1. The lowest BCUT2D eigenvalue weighted by atomic mass is 10.0. The van der Waals surface area contributed by atoms with Gasteiger partial charge < -0.3 is 10.1 Å². The Kier molecular flexibility index (Phi) is 5.35. The molecule has 2 heterocycles. The molecule has 2 aromatic heterocycles. The Labute approximate surface area is 156 Å². The Balaban J connectivity index is 1.72. The molecule has 27 heavy (non-hydrogen) atoms. The van der Waals surface area contributed by atoms with Crippen molar-refractivity contribution in [3.8, 4) is 11.1 Å². The van der Waals surface area contributed by atoms with Gasteiger partial charge in [-0.1, -0.05) is 12.1 Å². The number of hydrogen-bond donors (Lipinski definition) is 1. The van der Waals surface area contributed by atoms with Crippen LogP contribution >= 0.6 is 0 Å². The van der Waals surface area contributed by atoms with E-state index < -0.39 is 5.97 Å². The molecule has 0 aliphatic heterocycles. The molecule has 0 aliphatic carbocycles. The van der Waals surface area contributed by atoms with Gasteiger partial charge in [0.2, 0.25) is 0 Å². The summed E-state index contributed by atoms with van der Waals surface area (Å²) in [7, 11) is 3.01.